The molecule has 0 aliphatic carbocycles. The van der Waals surface area contributed by atoms with E-state index in [1.54, 1.807) is 0 Å². The molecule has 1 aromatic heterocycles. The van der Waals surface area contributed by atoms with Gasteiger partial charge in [-0.1, -0.05) is 0 Å². The molecular weight excluding hydrogens is 233 g/mol. The lowest BCUT2D eigenvalue weighted by atomic mass is 10.3. The average molecular weight is 248 g/mol. The fraction of sp³-hybridized carbons (Fsp3) is 0.400. The Bertz CT molecular complexity index is 331. The van der Waals surface area contributed by atoms with Crippen molar-refractivity contribution in [3.05, 3.63) is 29.8 Å². The second-order valence-corrected chi connectivity index (χ2v) is 3.26. The summed E-state index contributed by atoms with van der Waals surface area (Å²) in [6.45, 7) is 2.45. The van der Waals surface area contributed by atoms with Gasteiger partial charge in [-0.05, 0) is 26.1 Å². The minimum atomic E-state index is -0.449. The number of rotatable bonds is 4. The van der Waals surface area contributed by atoms with Gasteiger partial charge < -0.3 is 10.6 Å². The van der Waals surface area contributed by atoms with Gasteiger partial charge in [-0.15, -0.1) is 12.4 Å². The zero-order valence-corrected chi connectivity index (χ0v) is 9.97. The molecule has 0 saturated heterocycles. The molecular formula is C10H15ClFN3O. The molecule has 0 radical (unpaired) electrons. The van der Waals surface area contributed by atoms with Gasteiger partial charge in [-0.2, -0.15) is 0 Å². The van der Waals surface area contributed by atoms with E-state index < -0.39 is 5.82 Å². The van der Waals surface area contributed by atoms with Crippen LogP contribution in [0.15, 0.2) is 18.3 Å². The molecule has 90 valence electrons. The summed E-state index contributed by atoms with van der Waals surface area (Å²) >= 11 is 0. The lowest BCUT2D eigenvalue weighted by molar-refractivity contribution is 0.0945. The van der Waals surface area contributed by atoms with Crippen LogP contribution in [0.4, 0.5) is 4.39 Å². The van der Waals surface area contributed by atoms with Crippen LogP contribution in [0, 0.1) is 5.82 Å². The fourth-order valence-electron chi connectivity index (χ4n) is 0.949. The van der Waals surface area contributed by atoms with Gasteiger partial charge in [0.25, 0.3) is 5.91 Å². The number of hydrogen-bond donors (Lipinski definition) is 2. The molecule has 0 aliphatic heterocycles. The lowest BCUT2D eigenvalue weighted by Gasteiger charge is -2.10. The number of aromatic nitrogens is 1. The van der Waals surface area contributed by atoms with E-state index in [0.29, 0.717) is 6.54 Å². The van der Waals surface area contributed by atoms with E-state index in [9.17, 15) is 9.18 Å². The largest absolute Gasteiger partial charge is 0.349 e. The number of nitrogens with one attached hydrogen (secondary N) is 2. The van der Waals surface area contributed by atoms with Gasteiger partial charge in [-0.3, -0.25) is 4.79 Å². The number of likely N-dealkylation sites (N-methyl/N-ethyl adjacent to an activating group) is 1. The zero-order valence-electron chi connectivity index (χ0n) is 9.16. The molecule has 0 aromatic carbocycles. The second-order valence-electron chi connectivity index (χ2n) is 3.26. The number of hydrogen-bond acceptors (Lipinski definition) is 3. The summed E-state index contributed by atoms with van der Waals surface area (Å²) in [5.41, 5.74) is 0.222. The summed E-state index contributed by atoms with van der Waals surface area (Å²) in [6, 6.07) is 2.76. The van der Waals surface area contributed by atoms with Crippen molar-refractivity contribution in [1.29, 1.82) is 0 Å². The predicted octanol–water partition coefficient (Wildman–Crippen LogP) is 0.980. The van der Waals surface area contributed by atoms with Gasteiger partial charge in [0.1, 0.15) is 11.5 Å². The zero-order chi connectivity index (χ0) is 11.3. The number of amides is 1. The molecule has 1 amide bonds. The summed E-state index contributed by atoms with van der Waals surface area (Å²) < 4.78 is 12.5. The first-order chi connectivity index (χ1) is 7.13. The minimum Gasteiger partial charge on any atom is -0.349 e. The molecule has 1 atom stereocenters. The van der Waals surface area contributed by atoms with Gasteiger partial charge in [-0.25, -0.2) is 9.37 Å². The van der Waals surface area contributed by atoms with Crippen LogP contribution in [0.2, 0.25) is 0 Å². The number of carbonyl (C=O) groups excluding carboxylic acids is 1. The van der Waals surface area contributed by atoms with Gasteiger partial charge in [0.2, 0.25) is 0 Å². The molecule has 1 unspecified atom stereocenters. The SMILES string of the molecule is CNC(C)CNC(=O)c1ccc(F)cn1.Cl. The molecule has 16 heavy (non-hydrogen) atoms. The number of carbonyl (C=O) groups is 1. The molecule has 2 N–H and O–H groups in total. The van der Waals surface area contributed by atoms with Crippen LogP contribution in [0.3, 0.4) is 0 Å². The van der Waals surface area contributed by atoms with E-state index in [1.807, 2.05) is 14.0 Å². The molecule has 0 aliphatic rings. The van der Waals surface area contributed by atoms with E-state index in [0.717, 1.165) is 6.20 Å². The molecule has 0 spiro atoms. The summed E-state index contributed by atoms with van der Waals surface area (Å²) in [4.78, 5) is 15.1. The highest BCUT2D eigenvalue weighted by Gasteiger charge is 2.07. The molecule has 6 heteroatoms. The normalized spacial score (nSPS) is 11.4. The van der Waals surface area contributed by atoms with E-state index in [4.69, 9.17) is 0 Å². The van der Waals surface area contributed by atoms with Gasteiger partial charge in [0.15, 0.2) is 0 Å². The molecule has 1 rings (SSSR count). The Hall–Kier alpha value is -1.20. The first-order valence-electron chi connectivity index (χ1n) is 4.70. The third-order valence-corrected chi connectivity index (χ3v) is 2.02. The predicted molar refractivity (Wildman–Crippen MR) is 62.3 cm³/mol. The summed E-state index contributed by atoms with van der Waals surface area (Å²) in [7, 11) is 1.81. The van der Waals surface area contributed by atoms with E-state index >= 15 is 0 Å². The van der Waals surface area contributed by atoms with Gasteiger partial charge in [0.05, 0.1) is 6.20 Å². The van der Waals surface area contributed by atoms with Crippen molar-refractivity contribution in [3.8, 4) is 0 Å². The lowest BCUT2D eigenvalue weighted by Crippen LogP contribution is -2.37. The van der Waals surface area contributed by atoms with Crippen LogP contribution in [-0.2, 0) is 0 Å². The van der Waals surface area contributed by atoms with Crippen molar-refractivity contribution < 1.29 is 9.18 Å². The van der Waals surface area contributed by atoms with E-state index in [2.05, 4.69) is 15.6 Å². The van der Waals surface area contributed by atoms with Gasteiger partial charge >= 0.3 is 0 Å². The quantitative estimate of drug-likeness (QED) is 0.834. The maximum Gasteiger partial charge on any atom is 0.269 e. The minimum absolute atomic E-state index is 0. The smallest absolute Gasteiger partial charge is 0.269 e. The van der Waals surface area contributed by atoms with Crippen molar-refractivity contribution >= 4 is 18.3 Å². The van der Waals surface area contributed by atoms with E-state index in [1.165, 1.54) is 12.1 Å². The second kappa shape index (κ2) is 7.14. The Morgan fingerprint density at radius 3 is 2.75 bits per heavy atom. The molecule has 1 aromatic rings. The first-order valence-corrected chi connectivity index (χ1v) is 4.70. The van der Waals surface area contributed by atoms with Crippen LogP contribution in [0.5, 0.6) is 0 Å². The standard InChI is InChI=1S/C10H14FN3O.ClH/c1-7(12-2)5-14-10(15)9-4-3-8(11)6-13-9;/h3-4,6-7,12H,5H2,1-2H3,(H,14,15);1H. The summed E-state index contributed by atoms with van der Waals surface area (Å²) in [5, 5.41) is 5.67. The Kier molecular flexibility index (Phi) is 6.60. The van der Waals surface area contributed by atoms with Crippen LogP contribution in [0.25, 0.3) is 0 Å². The molecule has 0 saturated carbocycles. The Labute approximate surface area is 100 Å². The van der Waals surface area contributed by atoms with Crippen LogP contribution in [0.1, 0.15) is 17.4 Å². The third-order valence-electron chi connectivity index (χ3n) is 2.02. The molecule has 1 heterocycles. The molecule has 0 fully saturated rings. The van der Waals surface area contributed by atoms with Crippen molar-refractivity contribution in [1.82, 2.24) is 15.6 Å². The van der Waals surface area contributed by atoms with Crippen molar-refractivity contribution in [2.45, 2.75) is 13.0 Å². The highest BCUT2D eigenvalue weighted by atomic mass is 35.5. The summed E-state index contributed by atoms with van der Waals surface area (Å²) in [5.74, 6) is -0.743. The maximum absolute atomic E-state index is 12.5. The number of nitrogens with zero attached hydrogens (tertiary/aromatic N) is 1. The summed E-state index contributed by atoms with van der Waals surface area (Å²) in [6.07, 6.45) is 1.02. The topological polar surface area (TPSA) is 54.0 Å². The molecule has 4 nitrogen and oxygen atoms in total. The first kappa shape index (κ1) is 14.8. The molecule has 0 bridgehead atoms. The third kappa shape index (κ3) is 4.55. The Balaban J connectivity index is 0.00000225. The monoisotopic (exact) mass is 247 g/mol. The van der Waals surface area contributed by atoms with Crippen LogP contribution < -0.4 is 10.6 Å². The highest BCUT2D eigenvalue weighted by molar-refractivity contribution is 5.92. The Morgan fingerprint density at radius 2 is 2.25 bits per heavy atom. The highest BCUT2D eigenvalue weighted by Crippen LogP contribution is 1.97. The van der Waals surface area contributed by atoms with E-state index in [-0.39, 0.29) is 30.0 Å². The fourth-order valence-corrected chi connectivity index (χ4v) is 0.949. The van der Waals surface area contributed by atoms with Crippen molar-refractivity contribution in [3.63, 3.8) is 0 Å². The maximum atomic E-state index is 12.5. The van der Waals surface area contributed by atoms with Gasteiger partial charge in [0, 0.05) is 12.6 Å². The number of pyridine rings is 1. The van der Waals surface area contributed by atoms with Crippen molar-refractivity contribution in [2.24, 2.45) is 0 Å². The van der Waals surface area contributed by atoms with Crippen molar-refractivity contribution in [2.75, 3.05) is 13.6 Å². The Morgan fingerprint density at radius 1 is 1.56 bits per heavy atom. The van der Waals surface area contributed by atoms with Crippen LogP contribution >= 0.6 is 12.4 Å². The van der Waals surface area contributed by atoms with Crippen LogP contribution in [-0.4, -0.2) is 30.5 Å². The average Bonchev–Trinajstić information content (AvgIpc) is 2.26. The number of halogens is 2.